The van der Waals surface area contributed by atoms with Crippen molar-refractivity contribution in [1.29, 1.82) is 0 Å². The lowest BCUT2D eigenvalue weighted by Gasteiger charge is -2.22. The molecule has 2 N–H and O–H groups in total. The number of allylic oxidation sites excluding steroid dienone is 1. The largest absolute Gasteiger partial charge is 0.478 e. The highest BCUT2D eigenvalue weighted by atomic mass is 16.4. The fourth-order valence-electron chi connectivity index (χ4n) is 2.25. The van der Waals surface area contributed by atoms with Crippen LogP contribution in [0.2, 0.25) is 0 Å². The van der Waals surface area contributed by atoms with Crippen LogP contribution in [0.3, 0.4) is 0 Å². The van der Waals surface area contributed by atoms with Crippen molar-refractivity contribution in [1.82, 2.24) is 4.98 Å². The first-order valence-electron chi connectivity index (χ1n) is 6.28. The minimum atomic E-state index is -0.908. The molecule has 100 valence electrons. The number of nitrogens with one attached hydrogen (secondary N) is 1. The Hall–Kier alpha value is -2.17. The number of rotatable bonds is 3. The minimum absolute atomic E-state index is 0.000532. The third-order valence-electron chi connectivity index (χ3n) is 3.27. The molecule has 1 aliphatic rings. The molecule has 0 bridgehead atoms. The second-order valence-electron chi connectivity index (χ2n) is 4.64. The van der Waals surface area contributed by atoms with Gasteiger partial charge in [0.25, 0.3) is 0 Å². The van der Waals surface area contributed by atoms with E-state index >= 15 is 0 Å². The summed E-state index contributed by atoms with van der Waals surface area (Å²) in [5.74, 6) is -0.950. The van der Waals surface area contributed by atoms with Crippen molar-refractivity contribution in [3.8, 4) is 0 Å². The first-order chi connectivity index (χ1) is 9.15. The van der Waals surface area contributed by atoms with E-state index in [9.17, 15) is 9.59 Å². The molecule has 1 amide bonds. The number of anilines is 1. The molecule has 1 aliphatic carbocycles. The molecule has 0 aromatic carbocycles. The summed E-state index contributed by atoms with van der Waals surface area (Å²) in [6.07, 6.45) is 7.29. The zero-order valence-electron chi connectivity index (χ0n) is 10.5. The number of carboxylic acid groups (broad SMARTS) is 1. The highest BCUT2D eigenvalue weighted by Gasteiger charge is 2.23. The quantitative estimate of drug-likeness (QED) is 0.817. The van der Waals surface area contributed by atoms with Gasteiger partial charge in [0.2, 0.25) is 5.91 Å². The number of aliphatic carboxylic acids is 1. The van der Waals surface area contributed by atoms with Crippen LogP contribution >= 0.6 is 0 Å². The van der Waals surface area contributed by atoms with Gasteiger partial charge in [0.05, 0.1) is 0 Å². The van der Waals surface area contributed by atoms with Crippen LogP contribution in [-0.2, 0) is 9.59 Å². The van der Waals surface area contributed by atoms with E-state index in [4.69, 9.17) is 5.11 Å². The first kappa shape index (κ1) is 13.3. The summed E-state index contributed by atoms with van der Waals surface area (Å²) in [7, 11) is 0. The number of carbonyl (C=O) groups is 2. The molecule has 1 aromatic heterocycles. The molecule has 5 nitrogen and oxygen atoms in total. The summed E-state index contributed by atoms with van der Waals surface area (Å²) in [5.41, 5.74) is 1.66. The Balaban J connectivity index is 1.88. The fraction of sp³-hybridized carbons (Fsp3) is 0.357. The number of amides is 1. The molecule has 0 unspecified atom stereocenters. The summed E-state index contributed by atoms with van der Waals surface area (Å²) < 4.78 is 0. The van der Waals surface area contributed by atoms with Crippen LogP contribution in [0.5, 0.6) is 0 Å². The van der Waals surface area contributed by atoms with Crippen molar-refractivity contribution in [3.05, 3.63) is 36.2 Å². The molecule has 19 heavy (non-hydrogen) atoms. The third kappa shape index (κ3) is 3.91. The van der Waals surface area contributed by atoms with Crippen LogP contribution in [0, 0.1) is 5.92 Å². The van der Waals surface area contributed by atoms with Gasteiger partial charge in [-0.2, -0.15) is 0 Å². The summed E-state index contributed by atoms with van der Waals surface area (Å²) >= 11 is 0. The van der Waals surface area contributed by atoms with E-state index in [0.717, 1.165) is 11.3 Å². The van der Waals surface area contributed by atoms with E-state index in [1.165, 1.54) is 6.08 Å². The van der Waals surface area contributed by atoms with Gasteiger partial charge in [0.15, 0.2) is 0 Å². The number of nitrogens with zero attached hydrogens (tertiary/aromatic N) is 1. The highest BCUT2D eigenvalue weighted by Crippen LogP contribution is 2.29. The molecule has 0 spiro atoms. The Morgan fingerprint density at radius 3 is 2.47 bits per heavy atom. The maximum atomic E-state index is 12.0. The molecule has 1 heterocycles. The van der Waals surface area contributed by atoms with E-state index in [1.807, 2.05) is 0 Å². The van der Waals surface area contributed by atoms with Crippen molar-refractivity contribution in [2.45, 2.75) is 25.7 Å². The van der Waals surface area contributed by atoms with Crippen molar-refractivity contribution < 1.29 is 14.7 Å². The smallest absolute Gasteiger partial charge is 0.328 e. The minimum Gasteiger partial charge on any atom is -0.478 e. The molecule has 0 saturated heterocycles. The number of carbonyl (C=O) groups excluding carboxylic acids is 1. The van der Waals surface area contributed by atoms with Gasteiger partial charge in [-0.15, -0.1) is 0 Å². The Labute approximate surface area is 111 Å². The van der Waals surface area contributed by atoms with Gasteiger partial charge >= 0.3 is 5.97 Å². The van der Waals surface area contributed by atoms with Gasteiger partial charge in [0.1, 0.15) is 0 Å². The highest BCUT2D eigenvalue weighted by molar-refractivity contribution is 5.92. The molecule has 5 heteroatoms. The Morgan fingerprint density at radius 1 is 1.26 bits per heavy atom. The van der Waals surface area contributed by atoms with Crippen LogP contribution in [0.1, 0.15) is 25.7 Å². The van der Waals surface area contributed by atoms with Crippen LogP contribution in [0.15, 0.2) is 36.2 Å². The van der Waals surface area contributed by atoms with Crippen molar-refractivity contribution >= 4 is 17.6 Å². The first-order valence-corrected chi connectivity index (χ1v) is 6.28. The normalized spacial score (nSPS) is 18.7. The van der Waals surface area contributed by atoms with Gasteiger partial charge < -0.3 is 10.4 Å². The van der Waals surface area contributed by atoms with Crippen molar-refractivity contribution in [3.63, 3.8) is 0 Å². The van der Waals surface area contributed by atoms with E-state index in [-0.39, 0.29) is 11.8 Å². The SMILES string of the molecule is O=C(O)C=C1CCC(C(=O)Nc2ccncc2)CC1. The molecular formula is C14H16N2O3. The van der Waals surface area contributed by atoms with E-state index < -0.39 is 5.97 Å². The summed E-state index contributed by atoms with van der Waals surface area (Å²) in [6.45, 7) is 0. The van der Waals surface area contributed by atoms with E-state index in [1.54, 1.807) is 24.5 Å². The maximum Gasteiger partial charge on any atom is 0.328 e. The molecule has 1 aromatic rings. The van der Waals surface area contributed by atoms with Crippen LogP contribution in [0.4, 0.5) is 5.69 Å². The average Bonchev–Trinajstić information content (AvgIpc) is 2.40. The zero-order valence-corrected chi connectivity index (χ0v) is 10.5. The standard InChI is InChI=1S/C14H16N2O3/c17-13(18)9-10-1-3-11(4-2-10)14(19)16-12-5-7-15-8-6-12/h5-9,11H,1-4H2,(H,17,18)(H,15,16,19). The Bertz CT molecular complexity index is 487. The number of carboxylic acids is 1. The zero-order chi connectivity index (χ0) is 13.7. The molecule has 2 rings (SSSR count). The summed E-state index contributed by atoms with van der Waals surface area (Å²) in [5, 5.41) is 11.5. The maximum absolute atomic E-state index is 12.0. The molecule has 0 aliphatic heterocycles. The number of hydrogen-bond acceptors (Lipinski definition) is 3. The Morgan fingerprint density at radius 2 is 1.89 bits per heavy atom. The van der Waals surface area contributed by atoms with Crippen molar-refractivity contribution in [2.75, 3.05) is 5.32 Å². The average molecular weight is 260 g/mol. The number of aromatic nitrogens is 1. The lowest BCUT2D eigenvalue weighted by molar-refractivity contribution is -0.131. The predicted molar refractivity (Wildman–Crippen MR) is 70.5 cm³/mol. The van der Waals surface area contributed by atoms with Gasteiger partial charge in [-0.25, -0.2) is 4.79 Å². The lowest BCUT2D eigenvalue weighted by atomic mass is 9.85. The van der Waals surface area contributed by atoms with Crippen molar-refractivity contribution in [2.24, 2.45) is 5.92 Å². The monoisotopic (exact) mass is 260 g/mol. The molecule has 0 radical (unpaired) electrons. The van der Waals surface area contributed by atoms with Crippen LogP contribution in [0.25, 0.3) is 0 Å². The van der Waals surface area contributed by atoms with Gasteiger partial charge in [-0.05, 0) is 37.8 Å². The van der Waals surface area contributed by atoms with Crippen LogP contribution < -0.4 is 5.32 Å². The Kier molecular flexibility index (Phi) is 4.28. The van der Waals surface area contributed by atoms with E-state index in [0.29, 0.717) is 25.7 Å². The molecule has 1 fully saturated rings. The number of pyridine rings is 1. The third-order valence-corrected chi connectivity index (χ3v) is 3.27. The molecular weight excluding hydrogens is 244 g/mol. The number of hydrogen-bond donors (Lipinski definition) is 2. The van der Waals surface area contributed by atoms with Gasteiger partial charge in [-0.1, -0.05) is 5.57 Å². The van der Waals surface area contributed by atoms with E-state index in [2.05, 4.69) is 10.3 Å². The summed E-state index contributed by atoms with van der Waals surface area (Å²) in [6, 6.07) is 3.49. The molecule has 0 atom stereocenters. The second-order valence-corrected chi connectivity index (χ2v) is 4.64. The topological polar surface area (TPSA) is 79.3 Å². The van der Waals surface area contributed by atoms with Gasteiger partial charge in [-0.3, -0.25) is 9.78 Å². The van der Waals surface area contributed by atoms with Crippen LogP contribution in [-0.4, -0.2) is 22.0 Å². The summed E-state index contributed by atoms with van der Waals surface area (Å²) in [4.78, 5) is 26.5. The molecule has 1 saturated carbocycles. The fourth-order valence-corrected chi connectivity index (χ4v) is 2.25. The predicted octanol–water partition coefficient (Wildman–Crippen LogP) is 2.22. The second kappa shape index (κ2) is 6.13. The lowest BCUT2D eigenvalue weighted by Crippen LogP contribution is -2.25. The van der Waals surface area contributed by atoms with Gasteiger partial charge in [0, 0.05) is 30.1 Å².